The van der Waals surface area contributed by atoms with Crippen molar-refractivity contribution in [2.75, 3.05) is 20.2 Å². The molecule has 1 aromatic heterocycles. The van der Waals surface area contributed by atoms with Crippen molar-refractivity contribution in [3.63, 3.8) is 0 Å². The van der Waals surface area contributed by atoms with Crippen molar-refractivity contribution in [3.05, 3.63) is 52.8 Å². The monoisotopic (exact) mass is 313 g/mol. The minimum Gasteiger partial charge on any atom is -0.381 e. The molecule has 4 nitrogen and oxygen atoms in total. The van der Waals surface area contributed by atoms with Gasteiger partial charge >= 0.3 is 0 Å². The summed E-state index contributed by atoms with van der Waals surface area (Å²) in [7, 11) is 1.85. The summed E-state index contributed by atoms with van der Waals surface area (Å²) in [6.07, 6.45) is 2.54. The minimum atomic E-state index is 0.359. The molecule has 124 valence electrons. The Hall–Kier alpha value is -1.65. The number of nitrogens with one attached hydrogen (secondary N) is 1. The van der Waals surface area contributed by atoms with Crippen LogP contribution in [0.25, 0.3) is 0 Å². The second kappa shape index (κ2) is 7.28. The number of aryl methyl sites for hydroxylation is 2. The third-order valence-electron chi connectivity index (χ3n) is 5.05. The van der Waals surface area contributed by atoms with Gasteiger partial charge in [0, 0.05) is 43.9 Å². The number of ether oxygens (including phenoxy) is 1. The number of nitrogens with zero attached hydrogens (tertiary/aromatic N) is 2. The summed E-state index contributed by atoms with van der Waals surface area (Å²) < 4.78 is 5.76. The summed E-state index contributed by atoms with van der Waals surface area (Å²) in [6.45, 7) is 7.35. The van der Waals surface area contributed by atoms with Crippen LogP contribution in [-0.2, 0) is 17.7 Å². The normalized spacial score (nSPS) is 22.4. The van der Waals surface area contributed by atoms with E-state index in [1.165, 1.54) is 16.8 Å². The van der Waals surface area contributed by atoms with E-state index in [-0.39, 0.29) is 0 Å². The van der Waals surface area contributed by atoms with E-state index in [0.29, 0.717) is 12.0 Å². The van der Waals surface area contributed by atoms with Crippen LogP contribution in [0, 0.1) is 19.8 Å². The lowest BCUT2D eigenvalue weighted by atomic mass is 9.88. The fourth-order valence-corrected chi connectivity index (χ4v) is 3.68. The van der Waals surface area contributed by atoms with E-state index >= 15 is 0 Å². The minimum absolute atomic E-state index is 0.359. The Bertz CT molecular complexity index is 603. The predicted octanol–water partition coefficient (Wildman–Crippen LogP) is 3.11. The van der Waals surface area contributed by atoms with Crippen LogP contribution >= 0.6 is 0 Å². The fraction of sp³-hybridized carbons (Fsp3) is 0.526. The third kappa shape index (κ3) is 3.82. The molecular weight excluding hydrogens is 286 g/mol. The van der Waals surface area contributed by atoms with Gasteiger partial charge in [0.05, 0.1) is 11.8 Å². The van der Waals surface area contributed by atoms with E-state index in [0.717, 1.165) is 38.2 Å². The molecule has 2 aromatic rings. The number of piperidine rings is 1. The molecule has 0 saturated carbocycles. The number of aromatic nitrogens is 2. The van der Waals surface area contributed by atoms with Gasteiger partial charge in [0.25, 0.3) is 0 Å². The van der Waals surface area contributed by atoms with E-state index < -0.39 is 0 Å². The molecule has 0 amide bonds. The number of H-pyrrole nitrogens is 1. The van der Waals surface area contributed by atoms with Crippen molar-refractivity contribution in [1.29, 1.82) is 0 Å². The summed E-state index contributed by atoms with van der Waals surface area (Å²) in [5.74, 6) is 0.545. The molecule has 1 aliphatic rings. The van der Waals surface area contributed by atoms with Gasteiger partial charge < -0.3 is 4.74 Å². The van der Waals surface area contributed by atoms with Crippen molar-refractivity contribution in [1.82, 2.24) is 15.1 Å². The van der Waals surface area contributed by atoms with Gasteiger partial charge in [0.2, 0.25) is 0 Å². The summed E-state index contributed by atoms with van der Waals surface area (Å²) in [4.78, 5) is 2.55. The number of hydrogen-bond acceptors (Lipinski definition) is 3. The molecule has 1 saturated heterocycles. The zero-order valence-corrected chi connectivity index (χ0v) is 14.4. The molecule has 1 aliphatic heterocycles. The fourth-order valence-electron chi connectivity index (χ4n) is 3.68. The van der Waals surface area contributed by atoms with Gasteiger partial charge in [0.15, 0.2) is 0 Å². The van der Waals surface area contributed by atoms with Crippen molar-refractivity contribution < 1.29 is 4.74 Å². The molecule has 0 spiro atoms. The van der Waals surface area contributed by atoms with Gasteiger partial charge in [-0.2, -0.15) is 5.10 Å². The first kappa shape index (κ1) is 16.2. The molecule has 0 radical (unpaired) electrons. The summed E-state index contributed by atoms with van der Waals surface area (Å²) in [5.41, 5.74) is 5.06. The Balaban J connectivity index is 1.68. The first-order valence-corrected chi connectivity index (χ1v) is 8.47. The van der Waals surface area contributed by atoms with Gasteiger partial charge in [0.1, 0.15) is 0 Å². The summed E-state index contributed by atoms with van der Waals surface area (Å²) >= 11 is 0. The lowest BCUT2D eigenvalue weighted by Gasteiger charge is -2.38. The molecule has 0 bridgehead atoms. The van der Waals surface area contributed by atoms with Crippen LogP contribution < -0.4 is 0 Å². The highest BCUT2D eigenvalue weighted by Gasteiger charge is 2.29. The quantitative estimate of drug-likeness (QED) is 0.922. The van der Waals surface area contributed by atoms with Gasteiger partial charge in [-0.05, 0) is 32.3 Å². The van der Waals surface area contributed by atoms with Crippen molar-refractivity contribution in [2.45, 2.75) is 39.3 Å². The van der Waals surface area contributed by atoms with Crippen LogP contribution in [0.15, 0.2) is 30.3 Å². The molecule has 0 aliphatic carbocycles. The lowest BCUT2D eigenvalue weighted by molar-refractivity contribution is -0.00856. The number of rotatable bonds is 5. The SMILES string of the molecule is CO[C@@H]1CCN(Cc2c(C)n[nH]c2C)C[C@H]1Cc1ccccc1. The predicted molar refractivity (Wildman–Crippen MR) is 92.4 cm³/mol. The Morgan fingerprint density at radius 2 is 2.04 bits per heavy atom. The van der Waals surface area contributed by atoms with Crippen molar-refractivity contribution >= 4 is 0 Å². The molecule has 4 heteroatoms. The van der Waals surface area contributed by atoms with Crippen LogP contribution in [0.4, 0.5) is 0 Å². The maximum atomic E-state index is 5.76. The van der Waals surface area contributed by atoms with E-state index in [1.807, 2.05) is 7.11 Å². The molecule has 3 rings (SSSR count). The van der Waals surface area contributed by atoms with E-state index in [4.69, 9.17) is 4.74 Å². The van der Waals surface area contributed by atoms with Crippen molar-refractivity contribution in [2.24, 2.45) is 5.92 Å². The second-order valence-corrected chi connectivity index (χ2v) is 6.66. The maximum absolute atomic E-state index is 5.76. The van der Waals surface area contributed by atoms with Gasteiger partial charge in [-0.1, -0.05) is 30.3 Å². The lowest BCUT2D eigenvalue weighted by Crippen LogP contribution is -2.44. The summed E-state index contributed by atoms with van der Waals surface area (Å²) in [6, 6.07) is 10.8. The Morgan fingerprint density at radius 3 is 2.70 bits per heavy atom. The van der Waals surface area contributed by atoms with Crippen LogP contribution in [0.1, 0.15) is 28.9 Å². The highest BCUT2D eigenvalue weighted by Crippen LogP contribution is 2.25. The number of likely N-dealkylation sites (tertiary alicyclic amines) is 1. The number of hydrogen-bond donors (Lipinski definition) is 1. The Labute approximate surface area is 138 Å². The highest BCUT2D eigenvalue weighted by molar-refractivity contribution is 5.23. The Morgan fingerprint density at radius 1 is 1.26 bits per heavy atom. The summed E-state index contributed by atoms with van der Waals surface area (Å²) in [5, 5.41) is 7.42. The van der Waals surface area contributed by atoms with Crippen LogP contribution in [-0.4, -0.2) is 41.4 Å². The van der Waals surface area contributed by atoms with Crippen molar-refractivity contribution in [3.8, 4) is 0 Å². The average molecular weight is 313 g/mol. The molecule has 2 atom stereocenters. The van der Waals surface area contributed by atoms with Crippen LogP contribution in [0.5, 0.6) is 0 Å². The molecular formula is C19H27N3O. The van der Waals surface area contributed by atoms with Gasteiger partial charge in [-0.3, -0.25) is 10.00 Å². The third-order valence-corrected chi connectivity index (χ3v) is 5.05. The average Bonchev–Trinajstić information content (AvgIpc) is 2.88. The van der Waals surface area contributed by atoms with E-state index in [2.05, 4.69) is 59.3 Å². The van der Waals surface area contributed by atoms with E-state index in [1.54, 1.807) is 0 Å². The highest BCUT2D eigenvalue weighted by atomic mass is 16.5. The van der Waals surface area contributed by atoms with E-state index in [9.17, 15) is 0 Å². The Kier molecular flexibility index (Phi) is 5.13. The molecule has 0 unspecified atom stereocenters. The number of aromatic amines is 1. The first-order valence-electron chi connectivity index (χ1n) is 8.47. The molecule has 1 fully saturated rings. The zero-order chi connectivity index (χ0) is 16.2. The number of benzene rings is 1. The maximum Gasteiger partial charge on any atom is 0.0639 e. The van der Waals surface area contributed by atoms with Crippen LogP contribution in [0.2, 0.25) is 0 Å². The zero-order valence-electron chi connectivity index (χ0n) is 14.4. The second-order valence-electron chi connectivity index (χ2n) is 6.66. The van der Waals surface area contributed by atoms with Crippen LogP contribution in [0.3, 0.4) is 0 Å². The molecule has 23 heavy (non-hydrogen) atoms. The topological polar surface area (TPSA) is 41.1 Å². The standard InChI is InChI=1S/C19H27N3O/c1-14-18(15(2)21-20-14)13-22-10-9-19(23-3)17(12-22)11-16-7-5-4-6-8-16/h4-8,17,19H,9-13H2,1-3H3,(H,20,21)/t17-,19-/m1/s1. The largest absolute Gasteiger partial charge is 0.381 e. The molecule has 1 aromatic carbocycles. The molecule has 2 heterocycles. The first-order chi connectivity index (χ1) is 11.2. The smallest absolute Gasteiger partial charge is 0.0639 e. The van der Waals surface area contributed by atoms with Gasteiger partial charge in [-0.25, -0.2) is 0 Å². The molecule has 1 N–H and O–H groups in total. The van der Waals surface area contributed by atoms with Gasteiger partial charge in [-0.15, -0.1) is 0 Å². The number of methoxy groups -OCH3 is 1.